The van der Waals surface area contributed by atoms with E-state index in [1.165, 1.54) is 18.5 Å². The van der Waals surface area contributed by atoms with Crippen molar-refractivity contribution in [1.82, 2.24) is 9.97 Å². The quantitative estimate of drug-likeness (QED) is 0.526. The number of hydrogen-bond acceptors (Lipinski definition) is 4. The normalized spacial score (nSPS) is 20.0. The number of aromatic nitrogens is 2. The van der Waals surface area contributed by atoms with Crippen LogP contribution in [0.5, 0.6) is 0 Å². The fourth-order valence-electron chi connectivity index (χ4n) is 4.21. The molecule has 10 heteroatoms. The molecule has 0 saturated heterocycles. The van der Waals surface area contributed by atoms with Gasteiger partial charge in [0.15, 0.2) is 11.6 Å². The molecule has 1 N–H and O–H groups in total. The highest BCUT2D eigenvalue weighted by Gasteiger charge is 2.42. The van der Waals surface area contributed by atoms with E-state index in [0.29, 0.717) is 5.56 Å². The molecule has 2 saturated carbocycles. The third-order valence-corrected chi connectivity index (χ3v) is 6.48. The van der Waals surface area contributed by atoms with Gasteiger partial charge >= 0.3 is 6.18 Å². The molecule has 33 heavy (non-hydrogen) atoms. The molecule has 2 fully saturated rings. The van der Waals surface area contributed by atoms with Gasteiger partial charge in [-0.1, -0.05) is 12.1 Å². The largest absolute Gasteiger partial charge is 0.416 e. The maximum absolute atomic E-state index is 15.3. The second-order valence-electron chi connectivity index (χ2n) is 9.09. The Morgan fingerprint density at radius 1 is 1.00 bits per heavy atom. The minimum Gasteiger partial charge on any atom is -0.390 e. The van der Waals surface area contributed by atoms with E-state index < -0.39 is 41.9 Å². The Labute approximate surface area is 187 Å². The topological polar surface area (TPSA) is 49.3 Å². The summed E-state index contributed by atoms with van der Waals surface area (Å²) in [5.41, 5.74) is -1.36. The number of hydrogen-bond donors (Lipinski definition) is 1. The number of aryl methyl sites for hydroxylation is 1. The summed E-state index contributed by atoms with van der Waals surface area (Å²) >= 11 is 0. The van der Waals surface area contributed by atoms with E-state index in [9.17, 15) is 27.1 Å². The van der Waals surface area contributed by atoms with Gasteiger partial charge in [0, 0.05) is 25.4 Å². The molecular weight excluding hydrogens is 448 g/mol. The number of alkyl halides is 5. The third kappa shape index (κ3) is 5.77. The zero-order valence-electron chi connectivity index (χ0n) is 17.9. The number of nitrogens with zero attached hydrogens (tertiary/aromatic N) is 3. The molecule has 180 valence electrons. The fraction of sp³-hybridized carbons (Fsp3) is 0.565. The van der Waals surface area contributed by atoms with Gasteiger partial charge in [0.25, 0.3) is 0 Å². The molecule has 2 aliphatic carbocycles. The molecule has 0 unspecified atom stereocenters. The maximum atomic E-state index is 15.3. The van der Waals surface area contributed by atoms with E-state index in [0.717, 1.165) is 25.0 Å². The molecule has 0 bridgehead atoms. The summed E-state index contributed by atoms with van der Waals surface area (Å²) in [5.74, 6) is -3.37. The van der Waals surface area contributed by atoms with Gasteiger partial charge in [-0.3, -0.25) is 0 Å². The van der Waals surface area contributed by atoms with Crippen LogP contribution in [0.2, 0.25) is 0 Å². The molecule has 4 nitrogen and oxygen atoms in total. The molecule has 2 aliphatic rings. The minimum atomic E-state index is -4.43. The van der Waals surface area contributed by atoms with E-state index in [1.54, 1.807) is 4.90 Å². The van der Waals surface area contributed by atoms with Crippen molar-refractivity contribution in [3.63, 3.8) is 0 Å². The molecule has 0 amide bonds. The van der Waals surface area contributed by atoms with Gasteiger partial charge in [-0.05, 0) is 56.2 Å². The van der Waals surface area contributed by atoms with E-state index in [-0.39, 0.29) is 49.8 Å². The molecule has 0 aliphatic heterocycles. The second kappa shape index (κ2) is 8.77. The third-order valence-electron chi connectivity index (χ3n) is 6.48. The predicted molar refractivity (Wildman–Crippen MR) is 109 cm³/mol. The Balaban J connectivity index is 1.48. The number of benzene rings is 1. The fourth-order valence-corrected chi connectivity index (χ4v) is 4.21. The minimum absolute atomic E-state index is 0.0225. The lowest BCUT2D eigenvalue weighted by Gasteiger charge is -2.36. The highest BCUT2D eigenvalue weighted by molar-refractivity contribution is 5.45. The Morgan fingerprint density at radius 3 is 2.21 bits per heavy atom. The summed E-state index contributed by atoms with van der Waals surface area (Å²) < 4.78 is 80.6. The summed E-state index contributed by atoms with van der Waals surface area (Å²) in [7, 11) is 0. The Hall–Kier alpha value is -2.36. The molecule has 1 heterocycles. The first kappa shape index (κ1) is 23.8. The molecule has 1 aromatic carbocycles. The van der Waals surface area contributed by atoms with Crippen LogP contribution in [0, 0.1) is 5.82 Å². The first-order chi connectivity index (χ1) is 15.5. The molecule has 0 radical (unpaired) electrons. The van der Waals surface area contributed by atoms with Gasteiger partial charge in [0.1, 0.15) is 6.33 Å². The van der Waals surface area contributed by atoms with Crippen LogP contribution in [0.15, 0.2) is 30.6 Å². The first-order valence-electron chi connectivity index (χ1n) is 11.0. The van der Waals surface area contributed by atoms with Crippen LogP contribution in [0.25, 0.3) is 0 Å². The molecule has 0 spiro atoms. The van der Waals surface area contributed by atoms with Crippen LogP contribution in [0.4, 0.5) is 32.2 Å². The lowest BCUT2D eigenvalue weighted by Crippen LogP contribution is -2.39. The van der Waals surface area contributed by atoms with Crippen LogP contribution < -0.4 is 4.90 Å². The molecule has 1 aromatic heterocycles. The average molecular weight is 473 g/mol. The Bertz CT molecular complexity index is 965. The molecule has 0 atom stereocenters. The van der Waals surface area contributed by atoms with Crippen LogP contribution in [0.3, 0.4) is 0 Å². The van der Waals surface area contributed by atoms with Gasteiger partial charge in [0.05, 0.1) is 16.9 Å². The summed E-state index contributed by atoms with van der Waals surface area (Å²) in [5, 5.41) is 10.6. The van der Waals surface area contributed by atoms with Crippen molar-refractivity contribution in [2.45, 2.75) is 81.7 Å². The van der Waals surface area contributed by atoms with Crippen molar-refractivity contribution in [2.24, 2.45) is 0 Å². The van der Waals surface area contributed by atoms with Crippen molar-refractivity contribution < 1.29 is 31.4 Å². The van der Waals surface area contributed by atoms with Crippen molar-refractivity contribution in [3.05, 3.63) is 53.2 Å². The zero-order chi connectivity index (χ0) is 23.9. The molecular formula is C23H25F6N3O. The van der Waals surface area contributed by atoms with E-state index in [2.05, 4.69) is 9.97 Å². The number of aliphatic hydroxyl groups is 1. The van der Waals surface area contributed by atoms with Gasteiger partial charge in [-0.2, -0.15) is 13.2 Å². The highest BCUT2D eigenvalue weighted by Crippen LogP contribution is 2.41. The standard InChI is InChI=1S/C23H25F6N3O/c24-19-18(7-8-21(33)9-11-22(25,26)12-10-21)30-14-31-20(19)32(17-5-6-17)13-15-1-3-16(4-2-15)23(27,28)29/h1-4,14,17,33H,5-13H2. The van der Waals surface area contributed by atoms with Crippen LogP contribution in [-0.2, 0) is 19.1 Å². The number of rotatable bonds is 7. The van der Waals surface area contributed by atoms with Gasteiger partial charge < -0.3 is 10.0 Å². The predicted octanol–water partition coefficient (Wildman–Crippen LogP) is 5.68. The second-order valence-corrected chi connectivity index (χ2v) is 9.09. The van der Waals surface area contributed by atoms with E-state index >= 15 is 4.39 Å². The lowest BCUT2D eigenvalue weighted by atomic mass is 9.79. The van der Waals surface area contributed by atoms with E-state index in [1.807, 2.05) is 0 Å². The summed E-state index contributed by atoms with van der Waals surface area (Å²) in [4.78, 5) is 9.80. The summed E-state index contributed by atoms with van der Waals surface area (Å²) in [6.07, 6.45) is -2.31. The summed E-state index contributed by atoms with van der Waals surface area (Å²) in [6.45, 7) is 0.190. The van der Waals surface area contributed by atoms with Crippen molar-refractivity contribution in [1.29, 1.82) is 0 Å². The van der Waals surface area contributed by atoms with Gasteiger partial charge in [0.2, 0.25) is 5.92 Å². The van der Waals surface area contributed by atoms with Crippen LogP contribution in [-0.4, -0.2) is 32.6 Å². The molecule has 4 rings (SSSR count). The lowest BCUT2D eigenvalue weighted by molar-refractivity contribution is -0.137. The Morgan fingerprint density at radius 2 is 1.64 bits per heavy atom. The van der Waals surface area contributed by atoms with E-state index in [4.69, 9.17) is 0 Å². The number of anilines is 1. The van der Waals surface area contributed by atoms with Crippen molar-refractivity contribution >= 4 is 5.82 Å². The van der Waals surface area contributed by atoms with Gasteiger partial charge in [-0.25, -0.2) is 23.1 Å². The highest BCUT2D eigenvalue weighted by atomic mass is 19.4. The average Bonchev–Trinajstić information content (AvgIpc) is 3.59. The van der Waals surface area contributed by atoms with Crippen LogP contribution in [0.1, 0.15) is 61.8 Å². The maximum Gasteiger partial charge on any atom is 0.416 e. The SMILES string of the molecule is OC1(CCc2ncnc(N(Cc3ccc(C(F)(F)F)cc3)C3CC3)c2F)CCC(F)(F)CC1. The van der Waals surface area contributed by atoms with Crippen molar-refractivity contribution in [3.8, 4) is 0 Å². The zero-order valence-corrected chi connectivity index (χ0v) is 17.9. The monoisotopic (exact) mass is 473 g/mol. The summed E-state index contributed by atoms with van der Waals surface area (Å²) in [6, 6.07) is 4.75. The van der Waals surface area contributed by atoms with Crippen LogP contribution >= 0.6 is 0 Å². The van der Waals surface area contributed by atoms with Crippen molar-refractivity contribution in [2.75, 3.05) is 4.90 Å². The smallest absolute Gasteiger partial charge is 0.390 e. The van der Waals surface area contributed by atoms with Gasteiger partial charge in [-0.15, -0.1) is 0 Å². The molecule has 2 aromatic rings. The first-order valence-corrected chi connectivity index (χ1v) is 11.0. The number of halogens is 6. The Kier molecular flexibility index (Phi) is 6.32.